The Bertz CT molecular complexity index is 1010. The number of ether oxygens (including phenoxy) is 1. The van der Waals surface area contributed by atoms with Crippen LogP contribution in [-0.2, 0) is 23.9 Å². The standard InChI is InChI=1S/C45H80N2O7/c1-3-5-7-9-11-13-14-15-16-17-18-19-20-21-23-29-33-37-44(51)54-40(34-30-26-22-12-10-8-6-4-2)35-31-27-24-25-28-32-36-42(49)46-38-43(50)47-41(39-48)45(52)53/h12,15-16,22,30,34,40-41,48H,3-11,13-14,17-21,23-29,31-33,35-39H2,1-2H3,(H,46,49)(H,47,50)(H,52,53)/b16-15-,22-12-,34-30-. The predicted octanol–water partition coefficient (Wildman–Crippen LogP) is 10.6. The number of allylic oxidation sites excluding steroid dienone is 5. The number of aliphatic hydroxyl groups is 1. The molecule has 0 aromatic carbocycles. The van der Waals surface area contributed by atoms with Gasteiger partial charge in [0.15, 0.2) is 0 Å². The van der Waals surface area contributed by atoms with E-state index in [1.165, 1.54) is 103 Å². The van der Waals surface area contributed by atoms with Gasteiger partial charge in [-0.2, -0.15) is 0 Å². The zero-order chi connectivity index (χ0) is 39.7. The number of rotatable bonds is 39. The molecule has 0 rings (SSSR count). The number of nitrogens with one attached hydrogen (secondary N) is 2. The fourth-order valence-corrected chi connectivity index (χ4v) is 6.19. The summed E-state index contributed by atoms with van der Waals surface area (Å²) in [6.07, 6.45) is 44.8. The van der Waals surface area contributed by atoms with Crippen LogP contribution in [0.3, 0.4) is 0 Å². The van der Waals surface area contributed by atoms with Crippen molar-refractivity contribution in [2.75, 3.05) is 13.2 Å². The van der Waals surface area contributed by atoms with Gasteiger partial charge in [-0.3, -0.25) is 14.4 Å². The molecular formula is C45H80N2O7. The van der Waals surface area contributed by atoms with Crippen LogP contribution in [0.1, 0.15) is 200 Å². The number of unbranched alkanes of at least 4 members (excludes halogenated alkanes) is 21. The molecule has 0 radical (unpaired) electrons. The number of esters is 1. The van der Waals surface area contributed by atoms with Crippen molar-refractivity contribution in [3.63, 3.8) is 0 Å². The summed E-state index contributed by atoms with van der Waals surface area (Å²) in [7, 11) is 0. The second kappa shape index (κ2) is 39.7. The maximum absolute atomic E-state index is 12.7. The van der Waals surface area contributed by atoms with E-state index in [-0.39, 0.29) is 24.5 Å². The summed E-state index contributed by atoms with van der Waals surface area (Å²) < 4.78 is 5.92. The topological polar surface area (TPSA) is 142 Å². The monoisotopic (exact) mass is 761 g/mol. The smallest absolute Gasteiger partial charge is 0.328 e. The highest BCUT2D eigenvalue weighted by molar-refractivity contribution is 5.87. The van der Waals surface area contributed by atoms with Gasteiger partial charge in [-0.15, -0.1) is 0 Å². The fourth-order valence-electron chi connectivity index (χ4n) is 6.19. The van der Waals surface area contributed by atoms with Crippen LogP contribution in [0.25, 0.3) is 0 Å². The number of amides is 2. The number of aliphatic carboxylic acids is 1. The average Bonchev–Trinajstić information content (AvgIpc) is 3.15. The highest BCUT2D eigenvalue weighted by Gasteiger charge is 2.18. The summed E-state index contributed by atoms with van der Waals surface area (Å²) >= 11 is 0. The fraction of sp³-hybridized carbons (Fsp3) is 0.778. The minimum absolute atomic E-state index is 0.0987. The number of hydrogen-bond acceptors (Lipinski definition) is 6. The summed E-state index contributed by atoms with van der Waals surface area (Å²) in [6.45, 7) is 3.44. The van der Waals surface area contributed by atoms with E-state index in [0.717, 1.165) is 64.2 Å². The Morgan fingerprint density at radius 3 is 1.63 bits per heavy atom. The second-order valence-electron chi connectivity index (χ2n) is 14.8. The molecule has 9 heteroatoms. The molecule has 0 aromatic heterocycles. The maximum atomic E-state index is 12.7. The Morgan fingerprint density at radius 2 is 1.06 bits per heavy atom. The van der Waals surface area contributed by atoms with Crippen molar-refractivity contribution in [2.45, 2.75) is 212 Å². The molecule has 0 heterocycles. The summed E-state index contributed by atoms with van der Waals surface area (Å²) in [6, 6.07) is -1.38. The van der Waals surface area contributed by atoms with Crippen LogP contribution < -0.4 is 10.6 Å². The largest absolute Gasteiger partial charge is 0.480 e. The Morgan fingerprint density at radius 1 is 0.574 bits per heavy atom. The van der Waals surface area contributed by atoms with Gasteiger partial charge in [0, 0.05) is 12.8 Å². The second-order valence-corrected chi connectivity index (χ2v) is 14.8. The van der Waals surface area contributed by atoms with Crippen molar-refractivity contribution in [3.05, 3.63) is 36.5 Å². The molecular weight excluding hydrogens is 681 g/mol. The minimum atomic E-state index is -1.38. The van der Waals surface area contributed by atoms with E-state index >= 15 is 0 Å². The van der Waals surface area contributed by atoms with Gasteiger partial charge in [0.2, 0.25) is 11.8 Å². The van der Waals surface area contributed by atoms with E-state index in [1.807, 2.05) is 0 Å². The highest BCUT2D eigenvalue weighted by atomic mass is 16.5. The minimum Gasteiger partial charge on any atom is -0.480 e. The Labute approximate surface area is 329 Å². The van der Waals surface area contributed by atoms with Gasteiger partial charge < -0.3 is 25.6 Å². The van der Waals surface area contributed by atoms with Crippen LogP contribution in [0.4, 0.5) is 0 Å². The predicted molar refractivity (Wildman–Crippen MR) is 222 cm³/mol. The summed E-state index contributed by atoms with van der Waals surface area (Å²) in [5.74, 6) is -2.35. The lowest BCUT2D eigenvalue weighted by Crippen LogP contribution is -2.47. The molecule has 9 nitrogen and oxygen atoms in total. The van der Waals surface area contributed by atoms with Gasteiger partial charge in [0.05, 0.1) is 13.2 Å². The first kappa shape index (κ1) is 51.1. The lowest BCUT2D eigenvalue weighted by molar-refractivity contribution is -0.147. The van der Waals surface area contributed by atoms with Crippen LogP contribution >= 0.6 is 0 Å². The third kappa shape index (κ3) is 36.1. The molecule has 0 aromatic rings. The average molecular weight is 761 g/mol. The Kier molecular flexibility index (Phi) is 37.6. The molecule has 0 aliphatic heterocycles. The van der Waals surface area contributed by atoms with E-state index in [2.05, 4.69) is 60.9 Å². The van der Waals surface area contributed by atoms with E-state index in [4.69, 9.17) is 14.9 Å². The number of aliphatic hydroxyl groups excluding tert-OH is 1. The number of hydrogen-bond donors (Lipinski definition) is 4. The lowest BCUT2D eigenvalue weighted by atomic mass is 10.1. The molecule has 0 aliphatic rings. The van der Waals surface area contributed by atoms with Crippen molar-refractivity contribution in [3.8, 4) is 0 Å². The summed E-state index contributed by atoms with van der Waals surface area (Å²) in [5, 5.41) is 22.5. The van der Waals surface area contributed by atoms with Gasteiger partial charge in [-0.05, 0) is 76.7 Å². The first-order valence-corrected chi connectivity index (χ1v) is 21.9. The van der Waals surface area contributed by atoms with Crippen molar-refractivity contribution in [1.82, 2.24) is 10.6 Å². The number of carbonyl (C=O) groups excluding carboxylic acids is 3. The quantitative estimate of drug-likeness (QED) is 0.0277. The van der Waals surface area contributed by atoms with E-state index in [9.17, 15) is 19.2 Å². The van der Waals surface area contributed by atoms with Gasteiger partial charge in [-0.25, -0.2) is 4.79 Å². The molecule has 0 bridgehead atoms. The number of carboxylic acid groups (broad SMARTS) is 1. The van der Waals surface area contributed by atoms with Crippen molar-refractivity contribution >= 4 is 23.8 Å². The third-order valence-corrected chi connectivity index (χ3v) is 9.59. The van der Waals surface area contributed by atoms with Crippen LogP contribution in [-0.4, -0.2) is 59.3 Å². The molecule has 0 aliphatic carbocycles. The highest BCUT2D eigenvalue weighted by Crippen LogP contribution is 2.16. The van der Waals surface area contributed by atoms with Crippen LogP contribution in [0.2, 0.25) is 0 Å². The number of carboxylic acids is 1. The van der Waals surface area contributed by atoms with Gasteiger partial charge in [-0.1, -0.05) is 147 Å². The third-order valence-electron chi connectivity index (χ3n) is 9.59. The van der Waals surface area contributed by atoms with Gasteiger partial charge >= 0.3 is 11.9 Å². The molecule has 2 atom stereocenters. The van der Waals surface area contributed by atoms with Crippen LogP contribution in [0.5, 0.6) is 0 Å². The van der Waals surface area contributed by atoms with Crippen LogP contribution in [0, 0.1) is 0 Å². The summed E-state index contributed by atoms with van der Waals surface area (Å²) in [4.78, 5) is 47.4. The molecule has 0 saturated heterocycles. The lowest BCUT2D eigenvalue weighted by Gasteiger charge is -2.15. The normalized spacial score (nSPS) is 12.8. The molecule has 0 fully saturated rings. The van der Waals surface area contributed by atoms with Crippen molar-refractivity contribution in [1.29, 1.82) is 0 Å². The van der Waals surface area contributed by atoms with E-state index < -0.39 is 24.5 Å². The molecule has 0 saturated carbocycles. The first-order valence-electron chi connectivity index (χ1n) is 21.9. The van der Waals surface area contributed by atoms with Crippen molar-refractivity contribution in [2.24, 2.45) is 0 Å². The van der Waals surface area contributed by atoms with E-state index in [1.54, 1.807) is 0 Å². The van der Waals surface area contributed by atoms with Crippen LogP contribution in [0.15, 0.2) is 36.5 Å². The molecule has 2 amide bonds. The molecule has 54 heavy (non-hydrogen) atoms. The maximum Gasteiger partial charge on any atom is 0.328 e. The van der Waals surface area contributed by atoms with Gasteiger partial charge in [0.25, 0.3) is 0 Å². The van der Waals surface area contributed by atoms with Gasteiger partial charge in [0.1, 0.15) is 12.1 Å². The SMILES string of the molecule is CCCCC/C=C\C/C=C\C(CCCCCCCCC(=O)NCC(=O)NC(CO)C(=O)O)OC(=O)CCCCCCCCC/C=C\CCCCCCCC. The molecule has 2 unspecified atom stereocenters. The molecule has 312 valence electrons. The molecule has 0 spiro atoms. The molecule has 4 N–H and O–H groups in total. The Balaban J connectivity index is 4.22. The van der Waals surface area contributed by atoms with Crippen molar-refractivity contribution < 1.29 is 34.1 Å². The first-order chi connectivity index (χ1) is 26.3. The summed E-state index contributed by atoms with van der Waals surface area (Å²) in [5.41, 5.74) is 0. The zero-order valence-corrected chi connectivity index (χ0v) is 34.5. The Hall–Kier alpha value is -2.94. The zero-order valence-electron chi connectivity index (χ0n) is 34.5. The van der Waals surface area contributed by atoms with E-state index in [0.29, 0.717) is 19.3 Å². The number of carbonyl (C=O) groups is 4.